The lowest BCUT2D eigenvalue weighted by molar-refractivity contribution is -0.139. The Hall–Kier alpha value is -2.21. The largest absolute Gasteiger partial charge is 0.375 e. The summed E-state index contributed by atoms with van der Waals surface area (Å²) in [7, 11) is 1.92. The molecule has 0 radical (unpaired) electrons. The summed E-state index contributed by atoms with van der Waals surface area (Å²) in [6.07, 6.45) is 2.01. The van der Waals surface area contributed by atoms with Gasteiger partial charge in [-0.1, -0.05) is 30.3 Å². The van der Waals surface area contributed by atoms with Crippen molar-refractivity contribution in [2.45, 2.75) is 51.7 Å². The molecule has 3 rings (SSSR count). The molecule has 1 fully saturated rings. The number of carbonyl (C=O) groups is 1. The van der Waals surface area contributed by atoms with E-state index in [0.717, 1.165) is 24.2 Å². The van der Waals surface area contributed by atoms with Gasteiger partial charge in [-0.3, -0.25) is 4.79 Å². The quantitative estimate of drug-likeness (QED) is 0.826. The zero-order valence-electron chi connectivity index (χ0n) is 16.1. The van der Waals surface area contributed by atoms with Gasteiger partial charge in [-0.25, -0.2) is 0 Å². The second kappa shape index (κ2) is 7.58. The maximum atomic E-state index is 13.0. The lowest BCUT2D eigenvalue weighted by Crippen LogP contribution is -2.49. The monoisotopic (exact) mass is 356 g/mol. The van der Waals surface area contributed by atoms with E-state index in [1.807, 2.05) is 53.8 Å². The molecular weight excluding hydrogens is 328 g/mol. The number of aromatic nitrogens is 3. The van der Waals surface area contributed by atoms with Gasteiger partial charge >= 0.3 is 0 Å². The molecular formula is C20H28N4O2. The first-order chi connectivity index (χ1) is 12.4. The summed E-state index contributed by atoms with van der Waals surface area (Å²) < 4.78 is 7.71. The van der Waals surface area contributed by atoms with Gasteiger partial charge in [0.1, 0.15) is 5.82 Å². The van der Waals surface area contributed by atoms with Gasteiger partial charge in [-0.2, -0.15) is 0 Å². The van der Waals surface area contributed by atoms with Crippen molar-refractivity contribution in [3.63, 3.8) is 0 Å². The molecule has 0 saturated carbocycles. The molecule has 1 unspecified atom stereocenters. The molecule has 2 heterocycles. The van der Waals surface area contributed by atoms with Gasteiger partial charge in [0, 0.05) is 31.8 Å². The molecule has 1 aromatic heterocycles. The summed E-state index contributed by atoms with van der Waals surface area (Å²) in [5.74, 6) is 1.58. The van der Waals surface area contributed by atoms with Crippen LogP contribution < -0.4 is 0 Å². The van der Waals surface area contributed by atoms with Crippen LogP contribution in [0.3, 0.4) is 0 Å². The van der Waals surface area contributed by atoms with Crippen LogP contribution in [0.1, 0.15) is 39.4 Å². The molecule has 2 aromatic rings. The minimum atomic E-state index is -0.179. The van der Waals surface area contributed by atoms with Crippen molar-refractivity contribution in [2.24, 2.45) is 7.05 Å². The van der Waals surface area contributed by atoms with Crippen molar-refractivity contribution in [3.05, 3.63) is 36.2 Å². The average Bonchev–Trinajstić information content (AvgIpc) is 2.96. The van der Waals surface area contributed by atoms with Crippen LogP contribution in [0.5, 0.6) is 0 Å². The molecule has 0 spiro atoms. The Morgan fingerprint density at radius 2 is 2.04 bits per heavy atom. The normalized spacial score (nSPS) is 19.3. The van der Waals surface area contributed by atoms with Gasteiger partial charge in [-0.15, -0.1) is 10.2 Å². The third-order valence-electron chi connectivity index (χ3n) is 5.08. The van der Waals surface area contributed by atoms with E-state index in [2.05, 4.69) is 24.0 Å². The van der Waals surface area contributed by atoms with Crippen LogP contribution in [0.4, 0.5) is 0 Å². The summed E-state index contributed by atoms with van der Waals surface area (Å²) in [4.78, 5) is 14.9. The van der Waals surface area contributed by atoms with Crippen molar-refractivity contribution in [3.8, 4) is 11.4 Å². The number of rotatable bonds is 5. The van der Waals surface area contributed by atoms with E-state index in [4.69, 9.17) is 4.74 Å². The van der Waals surface area contributed by atoms with E-state index < -0.39 is 0 Å². The molecule has 1 aromatic carbocycles. The molecule has 1 saturated heterocycles. The van der Waals surface area contributed by atoms with Crippen LogP contribution in [0.2, 0.25) is 0 Å². The van der Waals surface area contributed by atoms with E-state index in [0.29, 0.717) is 19.0 Å². The van der Waals surface area contributed by atoms with Crippen molar-refractivity contribution in [1.82, 2.24) is 19.7 Å². The second-order valence-electron chi connectivity index (χ2n) is 7.48. The number of hydrogen-bond acceptors (Lipinski definition) is 4. The van der Waals surface area contributed by atoms with Crippen molar-refractivity contribution >= 4 is 5.91 Å². The third-order valence-corrected chi connectivity index (χ3v) is 5.08. The summed E-state index contributed by atoms with van der Waals surface area (Å²) >= 11 is 0. The van der Waals surface area contributed by atoms with Crippen molar-refractivity contribution in [1.29, 1.82) is 0 Å². The molecule has 6 nitrogen and oxygen atoms in total. The van der Waals surface area contributed by atoms with Crippen LogP contribution in [-0.4, -0.2) is 50.4 Å². The zero-order chi connectivity index (χ0) is 18.7. The van der Waals surface area contributed by atoms with Gasteiger partial charge < -0.3 is 14.2 Å². The van der Waals surface area contributed by atoms with Gasteiger partial charge in [0.15, 0.2) is 5.82 Å². The maximum absolute atomic E-state index is 13.0. The molecule has 1 amide bonds. The molecule has 6 heteroatoms. The number of nitrogens with zero attached hydrogens (tertiary/aromatic N) is 4. The van der Waals surface area contributed by atoms with E-state index in [1.54, 1.807) is 0 Å². The maximum Gasteiger partial charge on any atom is 0.230 e. The fourth-order valence-electron chi connectivity index (χ4n) is 3.69. The van der Waals surface area contributed by atoms with E-state index in [9.17, 15) is 4.79 Å². The van der Waals surface area contributed by atoms with Crippen LogP contribution in [0.15, 0.2) is 30.3 Å². The average molecular weight is 356 g/mol. The van der Waals surface area contributed by atoms with Crippen LogP contribution >= 0.6 is 0 Å². The summed E-state index contributed by atoms with van der Waals surface area (Å²) in [6, 6.07) is 10.1. The van der Waals surface area contributed by atoms with Gasteiger partial charge in [-0.05, 0) is 33.6 Å². The minimum Gasteiger partial charge on any atom is -0.375 e. The van der Waals surface area contributed by atoms with Crippen LogP contribution in [0.25, 0.3) is 11.4 Å². The summed E-state index contributed by atoms with van der Waals surface area (Å²) in [5, 5.41) is 8.55. The van der Waals surface area contributed by atoms with E-state index in [-0.39, 0.29) is 24.0 Å². The fourth-order valence-corrected chi connectivity index (χ4v) is 3.69. The predicted octanol–water partition coefficient (Wildman–Crippen LogP) is 2.83. The number of amides is 1. The fraction of sp³-hybridized carbons (Fsp3) is 0.550. The highest BCUT2D eigenvalue weighted by molar-refractivity contribution is 5.78. The molecule has 1 aliphatic heterocycles. The number of carbonyl (C=O) groups excluding carboxylic acids is 1. The molecule has 140 valence electrons. The Labute approximate surface area is 155 Å². The number of ether oxygens (including phenoxy) is 1. The van der Waals surface area contributed by atoms with Crippen LogP contribution in [-0.2, 0) is 23.0 Å². The smallest absolute Gasteiger partial charge is 0.230 e. The lowest BCUT2D eigenvalue weighted by Gasteiger charge is -2.41. The zero-order valence-corrected chi connectivity index (χ0v) is 16.1. The first-order valence-electron chi connectivity index (χ1n) is 9.28. The standard InChI is InChI=1S/C20H28N4O2/c1-5-24(16-11-12-26-20(2,3)14-16)18(25)13-17-21-22-19(23(17)4)15-9-7-6-8-10-15/h6-10,16H,5,11-14H2,1-4H3. The first kappa shape index (κ1) is 18.6. The highest BCUT2D eigenvalue weighted by atomic mass is 16.5. The van der Waals surface area contributed by atoms with Crippen LogP contribution in [0, 0.1) is 0 Å². The molecule has 26 heavy (non-hydrogen) atoms. The predicted molar refractivity (Wildman–Crippen MR) is 101 cm³/mol. The topological polar surface area (TPSA) is 60.2 Å². The molecule has 1 aliphatic rings. The SMILES string of the molecule is CCN(C(=O)Cc1nnc(-c2ccccc2)n1C)C1CCOC(C)(C)C1. The van der Waals surface area contributed by atoms with Gasteiger partial charge in [0.05, 0.1) is 12.0 Å². The van der Waals surface area contributed by atoms with Crippen molar-refractivity contribution in [2.75, 3.05) is 13.2 Å². The Morgan fingerprint density at radius 3 is 2.69 bits per heavy atom. The van der Waals surface area contributed by atoms with Crippen molar-refractivity contribution < 1.29 is 9.53 Å². The number of benzene rings is 1. The molecule has 1 atom stereocenters. The summed E-state index contributed by atoms with van der Waals surface area (Å²) in [6.45, 7) is 7.61. The number of hydrogen-bond donors (Lipinski definition) is 0. The Balaban J connectivity index is 1.74. The molecule has 0 bridgehead atoms. The first-order valence-corrected chi connectivity index (χ1v) is 9.28. The molecule has 0 N–H and O–H groups in total. The lowest BCUT2D eigenvalue weighted by atomic mass is 9.92. The Bertz CT molecular complexity index is 754. The summed E-state index contributed by atoms with van der Waals surface area (Å²) in [5.41, 5.74) is 0.821. The molecule has 0 aliphatic carbocycles. The Morgan fingerprint density at radius 1 is 1.31 bits per heavy atom. The Kier molecular flexibility index (Phi) is 5.41. The van der Waals surface area contributed by atoms with Gasteiger partial charge in [0.25, 0.3) is 0 Å². The highest BCUT2D eigenvalue weighted by Gasteiger charge is 2.34. The van der Waals surface area contributed by atoms with Gasteiger partial charge in [0.2, 0.25) is 5.91 Å². The van der Waals surface area contributed by atoms with E-state index >= 15 is 0 Å². The van der Waals surface area contributed by atoms with E-state index in [1.165, 1.54) is 0 Å². The third kappa shape index (κ3) is 3.96. The number of likely N-dealkylation sites (N-methyl/N-ethyl adjacent to an activating group) is 1. The minimum absolute atomic E-state index is 0.102. The second-order valence-corrected chi connectivity index (χ2v) is 7.48. The highest BCUT2D eigenvalue weighted by Crippen LogP contribution is 2.28.